The van der Waals surface area contributed by atoms with Gasteiger partial charge in [0.2, 0.25) is 5.91 Å². The molecule has 1 fully saturated rings. The molecule has 1 aliphatic rings. The molecule has 3 amide bonds. The van der Waals surface area contributed by atoms with Crippen molar-refractivity contribution in [1.29, 1.82) is 0 Å². The van der Waals surface area contributed by atoms with E-state index in [-0.39, 0.29) is 11.9 Å². The quantitative estimate of drug-likeness (QED) is 0.880. The molecule has 1 aromatic rings. The molecule has 1 saturated heterocycles. The van der Waals surface area contributed by atoms with E-state index in [2.05, 4.69) is 10.6 Å². The Balaban J connectivity index is 1.83. The Morgan fingerprint density at radius 2 is 1.96 bits per heavy atom. The van der Waals surface area contributed by atoms with Crippen molar-refractivity contribution >= 4 is 11.9 Å². The number of carbonyl (C=O) groups is 2. The standard InChI is InChI=1S/C16H20F3N3O2/c1-10(9-11-3-5-12(6-4-11)16(17,18)19)20-15(24)21-13-7-8-22(2)14(13)23/h3-6,10,13H,7-9H2,1-2H3,(H2,20,21,24)/t10-,13+/m1/s1. The van der Waals surface area contributed by atoms with Gasteiger partial charge < -0.3 is 15.5 Å². The number of nitrogens with zero attached hydrogens (tertiary/aromatic N) is 1. The summed E-state index contributed by atoms with van der Waals surface area (Å²) in [5.74, 6) is -0.124. The molecule has 2 atom stereocenters. The normalized spacial score (nSPS) is 19.3. The molecule has 24 heavy (non-hydrogen) atoms. The molecule has 0 bridgehead atoms. The molecule has 0 spiro atoms. The highest BCUT2D eigenvalue weighted by atomic mass is 19.4. The molecule has 1 heterocycles. The summed E-state index contributed by atoms with van der Waals surface area (Å²) < 4.78 is 37.5. The van der Waals surface area contributed by atoms with Crippen LogP contribution < -0.4 is 10.6 Å². The third-order valence-corrected chi connectivity index (χ3v) is 3.93. The Bertz CT molecular complexity index is 602. The molecule has 2 rings (SSSR count). The van der Waals surface area contributed by atoms with Crippen molar-refractivity contribution in [2.75, 3.05) is 13.6 Å². The number of alkyl halides is 3. The van der Waals surface area contributed by atoms with Gasteiger partial charge in [0, 0.05) is 19.6 Å². The number of hydrogen-bond acceptors (Lipinski definition) is 2. The van der Waals surface area contributed by atoms with Crippen molar-refractivity contribution in [3.8, 4) is 0 Å². The fourth-order valence-electron chi connectivity index (χ4n) is 2.61. The number of likely N-dealkylation sites (N-methyl/N-ethyl adjacent to an activating group) is 1. The summed E-state index contributed by atoms with van der Waals surface area (Å²) in [6.45, 7) is 2.35. The van der Waals surface area contributed by atoms with Gasteiger partial charge in [-0.15, -0.1) is 0 Å². The monoisotopic (exact) mass is 343 g/mol. The lowest BCUT2D eigenvalue weighted by molar-refractivity contribution is -0.137. The zero-order valence-electron chi connectivity index (χ0n) is 13.5. The first-order valence-corrected chi connectivity index (χ1v) is 7.65. The number of benzene rings is 1. The second kappa shape index (κ2) is 7.11. The average molecular weight is 343 g/mol. The summed E-state index contributed by atoms with van der Waals surface area (Å²) >= 11 is 0. The van der Waals surface area contributed by atoms with Crippen LogP contribution in [0.5, 0.6) is 0 Å². The van der Waals surface area contributed by atoms with Gasteiger partial charge in [-0.25, -0.2) is 4.79 Å². The van der Waals surface area contributed by atoms with E-state index in [4.69, 9.17) is 0 Å². The lowest BCUT2D eigenvalue weighted by atomic mass is 10.1. The van der Waals surface area contributed by atoms with E-state index in [1.807, 2.05) is 0 Å². The first kappa shape index (κ1) is 18.1. The van der Waals surface area contributed by atoms with E-state index in [0.717, 1.165) is 12.1 Å². The molecule has 5 nitrogen and oxygen atoms in total. The average Bonchev–Trinajstić information content (AvgIpc) is 2.78. The molecular weight excluding hydrogens is 323 g/mol. The Morgan fingerprint density at radius 3 is 2.46 bits per heavy atom. The number of nitrogens with one attached hydrogen (secondary N) is 2. The number of hydrogen-bond donors (Lipinski definition) is 2. The molecule has 0 unspecified atom stereocenters. The summed E-state index contributed by atoms with van der Waals surface area (Å²) in [5.41, 5.74) is -0.0130. The van der Waals surface area contributed by atoms with Gasteiger partial charge in [-0.2, -0.15) is 13.2 Å². The van der Waals surface area contributed by atoms with Gasteiger partial charge in [-0.1, -0.05) is 12.1 Å². The first-order chi connectivity index (χ1) is 11.2. The second-order valence-corrected chi connectivity index (χ2v) is 6.02. The number of amides is 3. The Hall–Kier alpha value is -2.25. The lowest BCUT2D eigenvalue weighted by Gasteiger charge is -2.17. The topological polar surface area (TPSA) is 61.4 Å². The molecule has 0 aliphatic carbocycles. The van der Waals surface area contributed by atoms with Crippen LogP contribution in [0.2, 0.25) is 0 Å². The van der Waals surface area contributed by atoms with Crippen molar-refractivity contribution in [3.05, 3.63) is 35.4 Å². The van der Waals surface area contributed by atoms with Crippen LogP contribution in [-0.2, 0) is 17.4 Å². The summed E-state index contributed by atoms with van der Waals surface area (Å²) in [6.07, 6.45) is -3.40. The fourth-order valence-corrected chi connectivity index (χ4v) is 2.61. The van der Waals surface area contributed by atoms with E-state index in [0.29, 0.717) is 24.9 Å². The van der Waals surface area contributed by atoms with Crippen LogP contribution in [0.4, 0.5) is 18.0 Å². The highest BCUT2D eigenvalue weighted by Gasteiger charge is 2.31. The number of halogens is 3. The molecule has 0 aromatic heterocycles. The minimum atomic E-state index is -4.36. The second-order valence-electron chi connectivity index (χ2n) is 6.02. The third kappa shape index (κ3) is 4.62. The lowest BCUT2D eigenvalue weighted by Crippen LogP contribution is -2.48. The molecule has 1 aromatic carbocycles. The van der Waals surface area contributed by atoms with Gasteiger partial charge in [0.25, 0.3) is 0 Å². The highest BCUT2D eigenvalue weighted by Crippen LogP contribution is 2.29. The van der Waals surface area contributed by atoms with Crippen molar-refractivity contribution in [2.45, 2.75) is 38.0 Å². The minimum absolute atomic E-state index is 0.124. The predicted molar refractivity (Wildman–Crippen MR) is 82.3 cm³/mol. The molecule has 0 radical (unpaired) electrons. The number of likely N-dealkylation sites (tertiary alicyclic amines) is 1. The molecule has 1 aliphatic heterocycles. The van der Waals surface area contributed by atoms with E-state index < -0.39 is 23.8 Å². The molecular formula is C16H20F3N3O2. The Labute approximate surface area is 138 Å². The fraction of sp³-hybridized carbons (Fsp3) is 0.500. The maximum atomic E-state index is 12.5. The Morgan fingerprint density at radius 1 is 1.33 bits per heavy atom. The molecule has 8 heteroatoms. The van der Waals surface area contributed by atoms with Crippen molar-refractivity contribution in [1.82, 2.24) is 15.5 Å². The van der Waals surface area contributed by atoms with Gasteiger partial charge in [-0.05, 0) is 37.5 Å². The number of urea groups is 1. The first-order valence-electron chi connectivity index (χ1n) is 7.65. The van der Waals surface area contributed by atoms with Crippen LogP contribution in [0, 0.1) is 0 Å². The van der Waals surface area contributed by atoms with Crippen LogP contribution in [0.1, 0.15) is 24.5 Å². The molecule has 132 valence electrons. The van der Waals surface area contributed by atoms with Crippen LogP contribution >= 0.6 is 0 Å². The van der Waals surface area contributed by atoms with Crippen molar-refractivity contribution in [2.24, 2.45) is 0 Å². The van der Waals surface area contributed by atoms with Gasteiger partial charge in [0.1, 0.15) is 6.04 Å². The zero-order valence-corrected chi connectivity index (χ0v) is 13.5. The summed E-state index contributed by atoms with van der Waals surface area (Å²) in [5, 5.41) is 5.31. The zero-order chi connectivity index (χ0) is 17.9. The SMILES string of the molecule is C[C@H](Cc1ccc(C(F)(F)F)cc1)NC(=O)N[C@H]1CCN(C)C1=O. The van der Waals surface area contributed by atoms with E-state index in [1.165, 1.54) is 12.1 Å². The Kier molecular flexibility index (Phi) is 5.36. The smallest absolute Gasteiger partial charge is 0.344 e. The maximum Gasteiger partial charge on any atom is 0.416 e. The van der Waals surface area contributed by atoms with Crippen LogP contribution in [0.25, 0.3) is 0 Å². The number of carbonyl (C=O) groups excluding carboxylic acids is 2. The third-order valence-electron chi connectivity index (χ3n) is 3.93. The molecule has 0 saturated carbocycles. The van der Waals surface area contributed by atoms with Crippen molar-refractivity contribution in [3.63, 3.8) is 0 Å². The minimum Gasteiger partial charge on any atom is -0.344 e. The summed E-state index contributed by atoms with van der Waals surface area (Å²) in [6, 6.07) is 3.58. The largest absolute Gasteiger partial charge is 0.416 e. The summed E-state index contributed by atoms with van der Waals surface area (Å²) in [7, 11) is 1.68. The van der Waals surface area contributed by atoms with Crippen LogP contribution in [0.15, 0.2) is 24.3 Å². The van der Waals surface area contributed by atoms with E-state index in [1.54, 1.807) is 18.9 Å². The van der Waals surface area contributed by atoms with Gasteiger partial charge in [-0.3, -0.25) is 4.79 Å². The predicted octanol–water partition coefficient (Wildman–Crippen LogP) is 2.17. The van der Waals surface area contributed by atoms with Crippen molar-refractivity contribution < 1.29 is 22.8 Å². The summed E-state index contributed by atoms with van der Waals surface area (Å²) in [4.78, 5) is 25.2. The van der Waals surface area contributed by atoms with Gasteiger partial charge in [0.05, 0.1) is 5.56 Å². The number of rotatable bonds is 4. The molecule has 2 N–H and O–H groups in total. The van der Waals surface area contributed by atoms with Gasteiger partial charge >= 0.3 is 12.2 Å². The van der Waals surface area contributed by atoms with Crippen LogP contribution in [-0.4, -0.2) is 42.5 Å². The van der Waals surface area contributed by atoms with E-state index in [9.17, 15) is 22.8 Å². The highest BCUT2D eigenvalue weighted by molar-refractivity contribution is 5.88. The maximum absolute atomic E-state index is 12.5. The van der Waals surface area contributed by atoms with E-state index >= 15 is 0 Å². The van der Waals surface area contributed by atoms with Gasteiger partial charge in [0.15, 0.2) is 0 Å². The van der Waals surface area contributed by atoms with Crippen LogP contribution in [0.3, 0.4) is 0 Å².